The van der Waals surface area contributed by atoms with Gasteiger partial charge in [0.25, 0.3) is 5.69 Å². The third-order valence-electron chi connectivity index (χ3n) is 3.05. The molecule has 1 rings (SSSR count). The van der Waals surface area contributed by atoms with Gasteiger partial charge in [-0.1, -0.05) is 32.4 Å². The van der Waals surface area contributed by atoms with Gasteiger partial charge in [0.2, 0.25) is 0 Å². The molecule has 0 spiro atoms. The maximum Gasteiger partial charge on any atom is 0.269 e. The molecule has 2 atom stereocenters. The Morgan fingerprint density at radius 3 is 2.71 bits per heavy atom. The van der Waals surface area contributed by atoms with E-state index >= 15 is 0 Å². The Morgan fingerprint density at radius 2 is 2.12 bits per heavy atom. The molecule has 2 unspecified atom stereocenters. The molecular weight excluding hydrogens is 216 g/mol. The Hall–Kier alpha value is -1.42. The van der Waals surface area contributed by atoms with E-state index in [1.807, 2.05) is 13.0 Å². The molecule has 0 heterocycles. The Morgan fingerprint density at radius 1 is 1.41 bits per heavy atom. The SMILES string of the molecule is CCC(C)CNC(C)c1cccc([N+](=O)[O-])c1. The van der Waals surface area contributed by atoms with Gasteiger partial charge in [0, 0.05) is 18.2 Å². The standard InChI is InChI=1S/C13H20N2O2/c1-4-10(2)9-14-11(3)12-6-5-7-13(8-12)15(16)17/h5-8,10-11,14H,4,9H2,1-3H3. The second kappa shape index (κ2) is 6.35. The molecule has 0 aliphatic carbocycles. The van der Waals surface area contributed by atoms with Gasteiger partial charge < -0.3 is 5.32 Å². The number of nitrogens with one attached hydrogen (secondary N) is 1. The first kappa shape index (κ1) is 13.6. The van der Waals surface area contributed by atoms with Crippen molar-refractivity contribution >= 4 is 5.69 Å². The average Bonchev–Trinajstić information content (AvgIpc) is 2.35. The number of hydrogen-bond donors (Lipinski definition) is 1. The third-order valence-corrected chi connectivity index (χ3v) is 3.05. The number of non-ortho nitro benzene ring substituents is 1. The van der Waals surface area contributed by atoms with Crippen LogP contribution in [0.15, 0.2) is 24.3 Å². The van der Waals surface area contributed by atoms with Gasteiger partial charge >= 0.3 is 0 Å². The van der Waals surface area contributed by atoms with Gasteiger partial charge in [-0.25, -0.2) is 0 Å². The lowest BCUT2D eigenvalue weighted by molar-refractivity contribution is -0.384. The van der Waals surface area contributed by atoms with Crippen LogP contribution in [0.5, 0.6) is 0 Å². The van der Waals surface area contributed by atoms with Crippen LogP contribution in [0.3, 0.4) is 0 Å². The number of nitro benzene ring substituents is 1. The maximum absolute atomic E-state index is 10.7. The fraction of sp³-hybridized carbons (Fsp3) is 0.538. The average molecular weight is 236 g/mol. The van der Waals surface area contributed by atoms with Crippen molar-refractivity contribution in [3.8, 4) is 0 Å². The lowest BCUT2D eigenvalue weighted by Crippen LogP contribution is -2.24. The first-order chi connectivity index (χ1) is 8.04. The molecular formula is C13H20N2O2. The van der Waals surface area contributed by atoms with Crippen LogP contribution in [0, 0.1) is 16.0 Å². The third kappa shape index (κ3) is 4.15. The molecule has 1 N–H and O–H groups in total. The molecule has 4 heteroatoms. The summed E-state index contributed by atoms with van der Waals surface area (Å²) < 4.78 is 0. The molecule has 0 radical (unpaired) electrons. The van der Waals surface area contributed by atoms with Gasteiger partial charge in [0.05, 0.1) is 4.92 Å². The second-order valence-electron chi connectivity index (χ2n) is 4.50. The lowest BCUT2D eigenvalue weighted by Gasteiger charge is -2.17. The van der Waals surface area contributed by atoms with Crippen LogP contribution in [-0.4, -0.2) is 11.5 Å². The summed E-state index contributed by atoms with van der Waals surface area (Å²) in [6, 6.07) is 6.94. The predicted molar refractivity (Wildman–Crippen MR) is 69.0 cm³/mol. The molecule has 0 aromatic heterocycles. The molecule has 0 aliphatic heterocycles. The Balaban J connectivity index is 2.65. The summed E-state index contributed by atoms with van der Waals surface area (Å²) in [5.74, 6) is 0.621. The van der Waals surface area contributed by atoms with E-state index in [0.717, 1.165) is 18.5 Å². The monoisotopic (exact) mass is 236 g/mol. The molecule has 17 heavy (non-hydrogen) atoms. The van der Waals surface area contributed by atoms with E-state index in [1.165, 1.54) is 6.07 Å². The Labute approximate surface area is 102 Å². The molecule has 94 valence electrons. The van der Waals surface area contributed by atoms with Crippen molar-refractivity contribution in [1.82, 2.24) is 5.32 Å². The molecule has 4 nitrogen and oxygen atoms in total. The van der Waals surface area contributed by atoms with E-state index in [1.54, 1.807) is 12.1 Å². The summed E-state index contributed by atoms with van der Waals surface area (Å²) in [6.07, 6.45) is 1.13. The fourth-order valence-corrected chi connectivity index (χ4v) is 1.55. The topological polar surface area (TPSA) is 55.2 Å². The first-order valence-electron chi connectivity index (χ1n) is 6.02. The summed E-state index contributed by atoms with van der Waals surface area (Å²) in [4.78, 5) is 10.3. The molecule has 1 aromatic carbocycles. The summed E-state index contributed by atoms with van der Waals surface area (Å²) in [7, 11) is 0. The summed E-state index contributed by atoms with van der Waals surface area (Å²) >= 11 is 0. The lowest BCUT2D eigenvalue weighted by atomic mass is 10.1. The van der Waals surface area contributed by atoms with Crippen molar-refractivity contribution < 1.29 is 4.92 Å². The van der Waals surface area contributed by atoms with Crippen LogP contribution in [0.25, 0.3) is 0 Å². The zero-order valence-electron chi connectivity index (χ0n) is 10.6. The maximum atomic E-state index is 10.7. The van der Waals surface area contributed by atoms with E-state index in [9.17, 15) is 10.1 Å². The first-order valence-corrected chi connectivity index (χ1v) is 6.02. The quantitative estimate of drug-likeness (QED) is 0.609. The van der Waals surface area contributed by atoms with Gasteiger partial charge in [-0.15, -0.1) is 0 Å². The number of hydrogen-bond acceptors (Lipinski definition) is 3. The summed E-state index contributed by atoms with van der Waals surface area (Å²) in [5, 5.41) is 14.1. The highest BCUT2D eigenvalue weighted by Crippen LogP contribution is 2.19. The van der Waals surface area contributed by atoms with Gasteiger partial charge in [-0.05, 0) is 24.9 Å². The van der Waals surface area contributed by atoms with E-state index < -0.39 is 0 Å². The normalized spacial score (nSPS) is 14.3. The number of benzene rings is 1. The molecule has 1 aromatic rings. The van der Waals surface area contributed by atoms with Crippen LogP contribution in [0.4, 0.5) is 5.69 Å². The Kier molecular flexibility index (Phi) is 5.10. The van der Waals surface area contributed by atoms with E-state index in [2.05, 4.69) is 19.2 Å². The molecule has 0 fully saturated rings. The highest BCUT2D eigenvalue weighted by atomic mass is 16.6. The highest BCUT2D eigenvalue weighted by Gasteiger charge is 2.11. The predicted octanol–water partition coefficient (Wildman–Crippen LogP) is 3.29. The van der Waals surface area contributed by atoms with Crippen molar-refractivity contribution in [3.05, 3.63) is 39.9 Å². The minimum absolute atomic E-state index is 0.142. The molecule has 0 saturated carbocycles. The van der Waals surface area contributed by atoms with Gasteiger partial charge in [-0.2, -0.15) is 0 Å². The van der Waals surface area contributed by atoms with Gasteiger partial charge in [0.15, 0.2) is 0 Å². The van der Waals surface area contributed by atoms with Gasteiger partial charge in [0.1, 0.15) is 0 Å². The van der Waals surface area contributed by atoms with Crippen LogP contribution in [-0.2, 0) is 0 Å². The van der Waals surface area contributed by atoms with Crippen molar-refractivity contribution in [2.24, 2.45) is 5.92 Å². The van der Waals surface area contributed by atoms with Crippen LogP contribution >= 0.6 is 0 Å². The van der Waals surface area contributed by atoms with E-state index in [-0.39, 0.29) is 16.7 Å². The Bertz CT molecular complexity index is 379. The number of nitrogens with zero attached hydrogens (tertiary/aromatic N) is 1. The summed E-state index contributed by atoms with van der Waals surface area (Å²) in [5.41, 5.74) is 1.11. The van der Waals surface area contributed by atoms with Gasteiger partial charge in [-0.3, -0.25) is 10.1 Å². The molecule has 0 aliphatic rings. The summed E-state index contributed by atoms with van der Waals surface area (Å²) in [6.45, 7) is 7.30. The largest absolute Gasteiger partial charge is 0.310 e. The number of rotatable bonds is 6. The molecule has 0 bridgehead atoms. The smallest absolute Gasteiger partial charge is 0.269 e. The highest BCUT2D eigenvalue weighted by molar-refractivity contribution is 5.35. The van der Waals surface area contributed by atoms with Crippen molar-refractivity contribution in [2.75, 3.05) is 6.54 Å². The minimum Gasteiger partial charge on any atom is -0.310 e. The van der Waals surface area contributed by atoms with Crippen molar-refractivity contribution in [1.29, 1.82) is 0 Å². The zero-order chi connectivity index (χ0) is 12.8. The molecule has 0 saturated heterocycles. The fourth-order valence-electron chi connectivity index (χ4n) is 1.55. The van der Waals surface area contributed by atoms with Crippen molar-refractivity contribution in [3.63, 3.8) is 0 Å². The van der Waals surface area contributed by atoms with Crippen LogP contribution in [0.2, 0.25) is 0 Å². The zero-order valence-corrected chi connectivity index (χ0v) is 10.6. The molecule has 0 amide bonds. The second-order valence-corrected chi connectivity index (χ2v) is 4.50. The minimum atomic E-state index is -0.356. The van der Waals surface area contributed by atoms with Crippen molar-refractivity contribution in [2.45, 2.75) is 33.2 Å². The van der Waals surface area contributed by atoms with E-state index in [4.69, 9.17) is 0 Å². The van der Waals surface area contributed by atoms with Crippen LogP contribution in [0.1, 0.15) is 38.8 Å². The van der Waals surface area contributed by atoms with E-state index in [0.29, 0.717) is 5.92 Å². The van der Waals surface area contributed by atoms with Crippen LogP contribution < -0.4 is 5.32 Å². The number of nitro groups is 1.